The van der Waals surface area contributed by atoms with Gasteiger partial charge in [-0.1, -0.05) is 18.2 Å². The van der Waals surface area contributed by atoms with Crippen LogP contribution in [0.2, 0.25) is 0 Å². The van der Waals surface area contributed by atoms with Crippen LogP contribution in [0.1, 0.15) is 41.4 Å². The molecule has 2 radical (unpaired) electrons. The zero-order valence-electron chi connectivity index (χ0n) is 16.9. The van der Waals surface area contributed by atoms with Crippen molar-refractivity contribution in [2.45, 2.75) is 56.6 Å². The van der Waals surface area contributed by atoms with Gasteiger partial charge in [-0.25, -0.2) is 13.2 Å². The van der Waals surface area contributed by atoms with E-state index in [4.69, 9.17) is 18.8 Å². The van der Waals surface area contributed by atoms with Crippen molar-refractivity contribution in [3.8, 4) is 0 Å². The van der Waals surface area contributed by atoms with Crippen LogP contribution in [0.25, 0.3) is 0 Å². The molecule has 0 saturated heterocycles. The molecule has 148 valence electrons. The Bertz CT molecular complexity index is 751. The highest BCUT2D eigenvalue weighted by molar-refractivity contribution is 7.91. The lowest BCUT2D eigenvalue weighted by molar-refractivity contribution is -0.155. The minimum Gasteiger partial charge on any atom is -0.460 e. The summed E-state index contributed by atoms with van der Waals surface area (Å²) in [5.41, 5.74) is -0.617. The average Bonchev–Trinajstić information content (AvgIpc) is 2.59. The van der Waals surface area contributed by atoms with E-state index in [-0.39, 0.29) is 24.2 Å². The Hall–Kier alpha value is -2.03. The molecular formula is C18H26BNO6S. The van der Waals surface area contributed by atoms with Gasteiger partial charge in [0, 0.05) is 7.79 Å². The predicted molar refractivity (Wildman–Crippen MR) is 102 cm³/mol. The number of esters is 1. The molecule has 1 amide bonds. The van der Waals surface area contributed by atoms with Gasteiger partial charge in [0.15, 0.2) is 9.84 Å². The maximum Gasteiger partial charge on any atom is 0.396 e. The summed E-state index contributed by atoms with van der Waals surface area (Å²) in [6.45, 7) is 5.25. The first-order valence-electron chi connectivity index (χ1n) is 9.17. The van der Waals surface area contributed by atoms with Crippen LogP contribution in [0.5, 0.6) is 0 Å². The number of ether oxygens (including phenoxy) is 2. The van der Waals surface area contributed by atoms with Gasteiger partial charge in [0.25, 0.3) is 0 Å². The van der Waals surface area contributed by atoms with Crippen LogP contribution in [0.3, 0.4) is 0 Å². The van der Waals surface area contributed by atoms with Gasteiger partial charge in [0.1, 0.15) is 11.7 Å². The minimum absolute atomic E-state index is 0.0570. The summed E-state index contributed by atoms with van der Waals surface area (Å²) in [5.74, 6) is -0.877. The predicted octanol–water partition coefficient (Wildman–Crippen LogP) is 2.49. The molecule has 1 unspecified atom stereocenters. The monoisotopic (exact) mass is 396 g/mol. The first-order valence-corrected chi connectivity index (χ1v) is 10.1. The number of carbonyl (C=O) groups is 2. The molecular weight excluding hydrogens is 369 g/mol. The molecule has 7 nitrogen and oxygen atoms in total. The van der Waals surface area contributed by atoms with Crippen LogP contribution >= 0.6 is 0 Å². The van der Waals surface area contributed by atoms with Crippen molar-refractivity contribution in [2.24, 2.45) is 0 Å². The standard InChI is InChI=1S/C18H26BNO6S/c1-18(2,3)26-16(21)12-8-9-14(25-17(22)20(4)19)13-27(23,24)15-10-6-5-7-11-15/h5-7,10-11,14H,8-9,12-13H2,1-4H3/i4D. The molecule has 1 aromatic carbocycles. The highest BCUT2D eigenvalue weighted by Crippen LogP contribution is 2.17. The molecule has 0 aliphatic heterocycles. The first kappa shape index (κ1) is 21.3. The quantitative estimate of drug-likeness (QED) is 0.496. The third kappa shape index (κ3) is 8.95. The van der Waals surface area contributed by atoms with Crippen LogP contribution in [-0.4, -0.2) is 57.8 Å². The lowest BCUT2D eigenvalue weighted by Gasteiger charge is -2.22. The van der Waals surface area contributed by atoms with Gasteiger partial charge in [0.2, 0.25) is 7.98 Å². The molecule has 0 aliphatic rings. The van der Waals surface area contributed by atoms with E-state index in [9.17, 15) is 18.0 Å². The Balaban J connectivity index is 2.79. The van der Waals surface area contributed by atoms with E-state index >= 15 is 0 Å². The Morgan fingerprint density at radius 2 is 1.89 bits per heavy atom. The molecule has 0 aliphatic carbocycles. The van der Waals surface area contributed by atoms with Gasteiger partial charge in [0.05, 0.1) is 10.6 Å². The van der Waals surface area contributed by atoms with Crippen LogP contribution in [0.15, 0.2) is 35.2 Å². The highest BCUT2D eigenvalue weighted by atomic mass is 32.2. The Labute approximate surface area is 163 Å². The molecule has 9 heteroatoms. The second-order valence-corrected chi connectivity index (χ2v) is 9.08. The summed E-state index contributed by atoms with van der Waals surface area (Å²) < 4.78 is 42.6. The zero-order chi connectivity index (χ0) is 21.4. The fourth-order valence-corrected chi connectivity index (χ4v) is 3.71. The van der Waals surface area contributed by atoms with Crippen LogP contribution < -0.4 is 0 Å². The zero-order valence-corrected chi connectivity index (χ0v) is 16.7. The summed E-state index contributed by atoms with van der Waals surface area (Å²) >= 11 is 0. The Morgan fingerprint density at radius 1 is 1.26 bits per heavy atom. The van der Waals surface area contributed by atoms with Gasteiger partial charge in [-0.05, 0) is 52.8 Å². The van der Waals surface area contributed by atoms with Crippen LogP contribution in [0, 0.1) is 0 Å². The molecule has 1 aromatic rings. The maximum atomic E-state index is 12.6. The summed E-state index contributed by atoms with van der Waals surface area (Å²) in [5, 5.41) is 0. The molecule has 0 spiro atoms. The molecule has 1 atom stereocenters. The fourth-order valence-electron chi connectivity index (χ4n) is 2.22. The summed E-state index contributed by atoms with van der Waals surface area (Å²) in [6.07, 6.45) is -1.56. The Morgan fingerprint density at radius 3 is 2.44 bits per heavy atom. The van der Waals surface area contributed by atoms with Crippen molar-refractivity contribution < 1.29 is 28.9 Å². The smallest absolute Gasteiger partial charge is 0.396 e. The fraction of sp³-hybridized carbons (Fsp3) is 0.556. The third-order valence-electron chi connectivity index (χ3n) is 3.34. The summed E-state index contributed by atoms with van der Waals surface area (Å²) in [7, 11) is 1.08. The van der Waals surface area contributed by atoms with Crippen molar-refractivity contribution >= 4 is 29.9 Å². The molecule has 0 fully saturated rings. The van der Waals surface area contributed by atoms with Crippen molar-refractivity contribution in [2.75, 3.05) is 12.8 Å². The van der Waals surface area contributed by atoms with Gasteiger partial charge in [-0.3, -0.25) is 4.79 Å². The van der Waals surface area contributed by atoms with E-state index < -0.39 is 46.4 Å². The van der Waals surface area contributed by atoms with Crippen molar-refractivity contribution in [3.05, 3.63) is 30.3 Å². The van der Waals surface area contributed by atoms with Gasteiger partial charge >= 0.3 is 12.1 Å². The second kappa shape index (κ2) is 9.78. The van der Waals surface area contributed by atoms with Gasteiger partial charge in [-0.15, -0.1) is 0 Å². The molecule has 27 heavy (non-hydrogen) atoms. The topological polar surface area (TPSA) is 90.0 Å². The number of rotatable bonds is 8. The summed E-state index contributed by atoms with van der Waals surface area (Å²) in [4.78, 5) is 24.3. The number of benzene rings is 1. The number of hydrogen-bond donors (Lipinski definition) is 0. The normalized spacial score (nSPS) is 13.4. The number of sulfone groups is 1. The average molecular weight is 396 g/mol. The van der Waals surface area contributed by atoms with Crippen molar-refractivity contribution in [1.82, 2.24) is 4.81 Å². The number of nitrogens with zero attached hydrogens (tertiary/aromatic N) is 1. The number of amides is 1. The highest BCUT2D eigenvalue weighted by Gasteiger charge is 2.25. The third-order valence-corrected chi connectivity index (χ3v) is 5.14. The largest absolute Gasteiger partial charge is 0.460 e. The molecule has 0 aromatic heterocycles. The minimum atomic E-state index is -3.72. The number of carbonyl (C=O) groups excluding carboxylic acids is 2. The summed E-state index contributed by atoms with van der Waals surface area (Å²) in [6, 6.07) is 7.79. The van der Waals surface area contributed by atoms with Crippen molar-refractivity contribution in [3.63, 3.8) is 0 Å². The van der Waals surface area contributed by atoms with E-state index in [1.54, 1.807) is 39.0 Å². The van der Waals surface area contributed by atoms with Crippen LogP contribution in [-0.2, 0) is 24.1 Å². The molecule has 0 N–H and O–H groups in total. The molecule has 0 bridgehead atoms. The molecule has 1 rings (SSSR count). The molecule has 0 heterocycles. The first-order chi connectivity index (χ1) is 12.9. The van der Waals surface area contributed by atoms with Gasteiger partial charge in [-0.2, -0.15) is 0 Å². The van der Waals surface area contributed by atoms with E-state index in [1.807, 2.05) is 0 Å². The lowest BCUT2D eigenvalue weighted by Crippen LogP contribution is -2.33. The van der Waals surface area contributed by atoms with Crippen molar-refractivity contribution in [1.29, 1.82) is 0 Å². The second-order valence-electron chi connectivity index (χ2n) is 7.05. The van der Waals surface area contributed by atoms with E-state index in [0.29, 0.717) is 4.81 Å². The van der Waals surface area contributed by atoms with E-state index in [0.717, 1.165) is 0 Å². The SMILES string of the molecule is [2H]CN([B])C(=O)OC(CCCC(=O)OC(C)(C)C)CS(=O)(=O)c1ccccc1. The van der Waals surface area contributed by atoms with Crippen LogP contribution in [0.4, 0.5) is 4.79 Å². The van der Waals surface area contributed by atoms with E-state index in [2.05, 4.69) is 0 Å². The maximum absolute atomic E-state index is 12.6. The number of hydrogen-bond acceptors (Lipinski definition) is 6. The molecule has 0 saturated carbocycles. The van der Waals surface area contributed by atoms with E-state index in [1.165, 1.54) is 12.1 Å². The van der Waals surface area contributed by atoms with Gasteiger partial charge < -0.3 is 14.3 Å². The lowest BCUT2D eigenvalue weighted by atomic mass is 10.1. The Kier molecular flexibility index (Phi) is 7.71.